The quantitative estimate of drug-likeness (QED) is 0.588. The predicted octanol–water partition coefficient (Wildman–Crippen LogP) is 3.07. The largest absolute Gasteiger partial charge is 0.384 e. The standard InChI is InChI=1S/C16H13IN4S/c17-6-11-9-22-16-13(8-19)14(10-4-2-1-3-5-10)12(7-18)15(20)21(11)16/h1-5,11,14H,6,9,20H2. The topological polar surface area (TPSA) is 76.8 Å². The van der Waals surface area contributed by atoms with Crippen LogP contribution in [0.4, 0.5) is 0 Å². The number of nitrogens with zero attached hydrogens (tertiary/aromatic N) is 3. The first-order chi connectivity index (χ1) is 10.7. The number of fused-ring (bicyclic) bond motifs is 1. The van der Waals surface area contributed by atoms with Gasteiger partial charge >= 0.3 is 0 Å². The average Bonchev–Trinajstić information content (AvgIpc) is 2.99. The van der Waals surface area contributed by atoms with Crippen LogP contribution in [0.3, 0.4) is 0 Å². The number of thioether (sulfide) groups is 1. The van der Waals surface area contributed by atoms with Gasteiger partial charge in [0, 0.05) is 10.2 Å². The molecule has 2 unspecified atom stereocenters. The highest BCUT2D eigenvalue weighted by atomic mass is 127. The summed E-state index contributed by atoms with van der Waals surface area (Å²) in [6.07, 6.45) is 0. The summed E-state index contributed by atoms with van der Waals surface area (Å²) in [5, 5.41) is 20.2. The summed E-state index contributed by atoms with van der Waals surface area (Å²) in [6, 6.07) is 14.5. The predicted molar refractivity (Wildman–Crippen MR) is 95.6 cm³/mol. The van der Waals surface area contributed by atoms with Gasteiger partial charge in [0.2, 0.25) is 0 Å². The second-order valence-electron chi connectivity index (χ2n) is 5.07. The van der Waals surface area contributed by atoms with E-state index in [1.807, 2.05) is 35.2 Å². The Morgan fingerprint density at radius 2 is 1.91 bits per heavy atom. The first-order valence-electron chi connectivity index (χ1n) is 6.79. The van der Waals surface area contributed by atoms with Crippen molar-refractivity contribution in [3.63, 3.8) is 0 Å². The molecule has 4 nitrogen and oxygen atoms in total. The molecule has 2 heterocycles. The highest BCUT2D eigenvalue weighted by Gasteiger charge is 2.41. The number of alkyl halides is 1. The molecule has 1 saturated heterocycles. The van der Waals surface area contributed by atoms with Gasteiger partial charge in [-0.15, -0.1) is 11.8 Å². The minimum Gasteiger partial charge on any atom is -0.384 e. The molecule has 0 bridgehead atoms. The molecular weight excluding hydrogens is 407 g/mol. The van der Waals surface area contributed by atoms with E-state index in [0.717, 1.165) is 20.8 Å². The van der Waals surface area contributed by atoms with Crippen molar-refractivity contribution in [3.05, 3.63) is 57.9 Å². The monoisotopic (exact) mass is 420 g/mol. The SMILES string of the molecule is N#CC1=C(N)N2C(=C(C#N)C1c1ccccc1)SCC2CI. The number of nitriles is 2. The molecular formula is C16H13IN4S. The maximum Gasteiger partial charge on any atom is 0.119 e. The fourth-order valence-corrected chi connectivity index (χ4v) is 5.32. The highest BCUT2D eigenvalue weighted by Crippen LogP contribution is 2.48. The Balaban J connectivity index is 2.21. The lowest BCUT2D eigenvalue weighted by Crippen LogP contribution is -2.38. The van der Waals surface area contributed by atoms with E-state index >= 15 is 0 Å². The van der Waals surface area contributed by atoms with Gasteiger partial charge in [-0.05, 0) is 5.56 Å². The van der Waals surface area contributed by atoms with Crippen LogP contribution >= 0.6 is 34.4 Å². The van der Waals surface area contributed by atoms with Crippen molar-refractivity contribution in [2.24, 2.45) is 5.73 Å². The molecule has 2 aliphatic rings. The fraction of sp³-hybridized carbons (Fsp3) is 0.250. The molecule has 0 aliphatic carbocycles. The van der Waals surface area contributed by atoms with Crippen LogP contribution in [0.5, 0.6) is 0 Å². The summed E-state index contributed by atoms with van der Waals surface area (Å²) in [5.74, 6) is 1.03. The molecule has 0 aromatic heterocycles. The van der Waals surface area contributed by atoms with Crippen LogP contribution in [0.25, 0.3) is 0 Å². The number of hydrogen-bond acceptors (Lipinski definition) is 5. The zero-order valence-electron chi connectivity index (χ0n) is 11.7. The van der Waals surface area contributed by atoms with Gasteiger partial charge in [-0.1, -0.05) is 52.9 Å². The minimum absolute atomic E-state index is 0.240. The molecule has 0 spiro atoms. The molecule has 1 fully saturated rings. The summed E-state index contributed by atoms with van der Waals surface area (Å²) < 4.78 is 0.905. The Morgan fingerprint density at radius 3 is 2.50 bits per heavy atom. The van der Waals surface area contributed by atoms with Crippen LogP contribution in [-0.4, -0.2) is 21.1 Å². The molecule has 1 aromatic carbocycles. The third kappa shape index (κ3) is 2.27. The normalized spacial score (nSPS) is 24.0. The van der Waals surface area contributed by atoms with E-state index in [-0.39, 0.29) is 12.0 Å². The average molecular weight is 420 g/mol. The van der Waals surface area contributed by atoms with Gasteiger partial charge in [0.15, 0.2) is 0 Å². The van der Waals surface area contributed by atoms with Crippen molar-refractivity contribution >= 4 is 34.4 Å². The Morgan fingerprint density at radius 1 is 1.23 bits per heavy atom. The molecule has 0 amide bonds. The Labute approximate surface area is 147 Å². The van der Waals surface area contributed by atoms with Crippen LogP contribution in [-0.2, 0) is 0 Å². The number of hydrogen-bond donors (Lipinski definition) is 1. The smallest absolute Gasteiger partial charge is 0.119 e. The summed E-state index contributed by atoms with van der Waals surface area (Å²) in [5.41, 5.74) is 8.35. The molecule has 3 rings (SSSR count). The zero-order chi connectivity index (χ0) is 15.7. The van der Waals surface area contributed by atoms with Crippen molar-refractivity contribution in [1.29, 1.82) is 10.5 Å². The zero-order valence-corrected chi connectivity index (χ0v) is 14.6. The maximum atomic E-state index is 9.71. The molecule has 0 radical (unpaired) electrons. The van der Waals surface area contributed by atoms with Gasteiger partial charge in [0.05, 0.1) is 40.3 Å². The molecule has 0 saturated carbocycles. The summed E-state index contributed by atoms with van der Waals surface area (Å²) >= 11 is 3.98. The molecule has 1 aromatic rings. The third-order valence-electron chi connectivity index (χ3n) is 3.89. The maximum absolute atomic E-state index is 9.71. The highest BCUT2D eigenvalue weighted by molar-refractivity contribution is 14.1. The van der Waals surface area contributed by atoms with Gasteiger partial charge in [-0.2, -0.15) is 10.5 Å². The second kappa shape index (κ2) is 6.23. The summed E-state index contributed by atoms with van der Waals surface area (Å²) in [6.45, 7) is 0. The third-order valence-corrected chi connectivity index (χ3v) is 6.15. The molecule has 110 valence electrons. The van der Waals surface area contributed by atoms with E-state index in [4.69, 9.17) is 5.73 Å². The second-order valence-corrected chi connectivity index (χ2v) is 6.96. The van der Waals surface area contributed by atoms with Crippen molar-refractivity contribution in [1.82, 2.24) is 4.90 Å². The van der Waals surface area contributed by atoms with Gasteiger partial charge in [0.1, 0.15) is 5.82 Å². The minimum atomic E-state index is -0.358. The summed E-state index contributed by atoms with van der Waals surface area (Å²) in [4.78, 5) is 1.98. The number of nitrogens with two attached hydrogens (primary N) is 1. The van der Waals surface area contributed by atoms with Crippen LogP contribution in [0, 0.1) is 22.7 Å². The number of halogens is 1. The van der Waals surface area contributed by atoms with E-state index in [0.29, 0.717) is 17.0 Å². The Bertz CT molecular complexity index is 742. The lowest BCUT2D eigenvalue weighted by molar-refractivity contribution is 0.384. The fourth-order valence-electron chi connectivity index (χ4n) is 2.87. The molecule has 22 heavy (non-hydrogen) atoms. The van der Waals surface area contributed by atoms with Crippen LogP contribution in [0.2, 0.25) is 0 Å². The van der Waals surface area contributed by atoms with E-state index in [1.165, 1.54) is 0 Å². The van der Waals surface area contributed by atoms with E-state index in [2.05, 4.69) is 34.7 Å². The molecule has 2 aliphatic heterocycles. The number of allylic oxidation sites excluding steroid dienone is 2. The van der Waals surface area contributed by atoms with E-state index in [1.54, 1.807) is 11.8 Å². The molecule has 2 N–H and O–H groups in total. The number of benzene rings is 1. The van der Waals surface area contributed by atoms with Crippen molar-refractivity contribution in [2.45, 2.75) is 12.0 Å². The van der Waals surface area contributed by atoms with Gasteiger partial charge in [-0.3, -0.25) is 0 Å². The van der Waals surface area contributed by atoms with Crippen molar-refractivity contribution in [2.75, 3.05) is 10.2 Å². The Hall–Kier alpha value is -1.64. The molecule has 6 heteroatoms. The van der Waals surface area contributed by atoms with E-state index in [9.17, 15) is 10.5 Å². The van der Waals surface area contributed by atoms with Crippen LogP contribution in [0.1, 0.15) is 11.5 Å². The lowest BCUT2D eigenvalue weighted by Gasteiger charge is -2.34. The van der Waals surface area contributed by atoms with Crippen LogP contribution in [0.15, 0.2) is 52.3 Å². The Kier molecular flexibility index (Phi) is 4.32. The lowest BCUT2D eigenvalue weighted by atomic mass is 9.83. The first-order valence-corrected chi connectivity index (χ1v) is 9.31. The number of rotatable bonds is 2. The van der Waals surface area contributed by atoms with Crippen LogP contribution < -0.4 is 5.73 Å². The molecule has 2 atom stereocenters. The van der Waals surface area contributed by atoms with Gasteiger partial charge in [0.25, 0.3) is 0 Å². The van der Waals surface area contributed by atoms with Crippen molar-refractivity contribution in [3.8, 4) is 12.1 Å². The van der Waals surface area contributed by atoms with Gasteiger partial charge < -0.3 is 10.6 Å². The van der Waals surface area contributed by atoms with Gasteiger partial charge in [-0.25, -0.2) is 0 Å². The van der Waals surface area contributed by atoms with Crippen molar-refractivity contribution < 1.29 is 0 Å². The summed E-state index contributed by atoms with van der Waals surface area (Å²) in [7, 11) is 0. The first kappa shape index (κ1) is 15.3. The van der Waals surface area contributed by atoms with E-state index < -0.39 is 0 Å².